The van der Waals surface area contributed by atoms with Gasteiger partial charge < -0.3 is 19.5 Å². The van der Waals surface area contributed by atoms with Crippen molar-refractivity contribution < 1.29 is 9.53 Å². The first-order valence-corrected chi connectivity index (χ1v) is 7.28. The minimum atomic E-state index is 0.201. The highest BCUT2D eigenvalue weighted by molar-refractivity contribution is 5.92. The molecule has 2 heterocycles. The van der Waals surface area contributed by atoms with Crippen molar-refractivity contribution in [2.24, 2.45) is 0 Å². The highest BCUT2D eigenvalue weighted by Gasteiger charge is 2.20. The average molecular weight is 287 g/mol. The third-order valence-corrected chi connectivity index (χ3v) is 4.18. The van der Waals surface area contributed by atoms with Gasteiger partial charge in [0.25, 0.3) is 0 Å². The van der Waals surface area contributed by atoms with Gasteiger partial charge in [0.15, 0.2) is 0 Å². The molecule has 0 aliphatic carbocycles. The number of hydrogen-bond acceptors (Lipinski definition) is 3. The van der Waals surface area contributed by atoms with Crippen molar-refractivity contribution >= 4 is 16.8 Å². The molecule has 3 rings (SSSR count). The van der Waals surface area contributed by atoms with Crippen molar-refractivity contribution in [3.63, 3.8) is 0 Å². The van der Waals surface area contributed by atoms with Gasteiger partial charge in [0.2, 0.25) is 5.91 Å². The van der Waals surface area contributed by atoms with Gasteiger partial charge in [-0.15, -0.1) is 0 Å². The molecule has 1 aliphatic heterocycles. The maximum absolute atomic E-state index is 12.4. The number of H-pyrrole nitrogens is 1. The first kappa shape index (κ1) is 13.9. The molecule has 0 radical (unpaired) electrons. The van der Waals surface area contributed by atoms with Gasteiger partial charge in [0, 0.05) is 37.8 Å². The van der Waals surface area contributed by atoms with Crippen molar-refractivity contribution in [1.29, 1.82) is 0 Å². The Morgan fingerprint density at radius 1 is 1.29 bits per heavy atom. The summed E-state index contributed by atoms with van der Waals surface area (Å²) in [5.41, 5.74) is 1.99. The van der Waals surface area contributed by atoms with Gasteiger partial charge in [-0.2, -0.15) is 0 Å². The number of methoxy groups -OCH3 is 1. The van der Waals surface area contributed by atoms with Gasteiger partial charge in [0.05, 0.1) is 19.0 Å². The Hall–Kier alpha value is -2.01. The Morgan fingerprint density at radius 3 is 2.76 bits per heavy atom. The number of piperazine rings is 1. The Labute approximate surface area is 124 Å². The van der Waals surface area contributed by atoms with E-state index in [4.69, 9.17) is 4.74 Å². The third kappa shape index (κ3) is 2.74. The van der Waals surface area contributed by atoms with E-state index in [0.29, 0.717) is 6.42 Å². The highest BCUT2D eigenvalue weighted by atomic mass is 16.5. The lowest BCUT2D eigenvalue weighted by Gasteiger charge is -2.32. The molecular weight excluding hydrogens is 266 g/mol. The molecule has 21 heavy (non-hydrogen) atoms. The SMILES string of the molecule is COc1cccc2c(CC(=O)N3CCN(C)CC3)c[nH]c12. The summed E-state index contributed by atoms with van der Waals surface area (Å²) in [5.74, 6) is 1.01. The molecule has 1 aromatic heterocycles. The van der Waals surface area contributed by atoms with Crippen molar-refractivity contribution in [2.45, 2.75) is 6.42 Å². The largest absolute Gasteiger partial charge is 0.495 e. The normalized spacial score (nSPS) is 16.4. The number of rotatable bonds is 3. The van der Waals surface area contributed by atoms with E-state index in [1.165, 1.54) is 0 Å². The Morgan fingerprint density at radius 2 is 2.05 bits per heavy atom. The third-order valence-electron chi connectivity index (χ3n) is 4.18. The molecule has 0 spiro atoms. The molecule has 1 aliphatic rings. The number of fused-ring (bicyclic) bond motifs is 1. The van der Waals surface area contributed by atoms with Crippen molar-refractivity contribution in [2.75, 3.05) is 40.3 Å². The maximum Gasteiger partial charge on any atom is 0.227 e. The first-order valence-electron chi connectivity index (χ1n) is 7.28. The number of aromatic amines is 1. The fourth-order valence-corrected chi connectivity index (χ4v) is 2.83. The minimum absolute atomic E-state index is 0.201. The molecular formula is C16H21N3O2. The molecule has 1 saturated heterocycles. The standard InChI is InChI=1S/C16H21N3O2/c1-18-6-8-19(9-7-18)15(20)10-12-11-17-16-13(12)4-3-5-14(16)21-2/h3-5,11,17H,6-10H2,1-2H3. The van der Waals surface area contributed by atoms with Crippen LogP contribution >= 0.6 is 0 Å². The molecule has 0 saturated carbocycles. The van der Waals surface area contributed by atoms with Gasteiger partial charge in [-0.25, -0.2) is 0 Å². The van der Waals surface area contributed by atoms with Crippen LogP contribution in [0.4, 0.5) is 0 Å². The number of nitrogens with zero attached hydrogens (tertiary/aromatic N) is 2. The number of likely N-dealkylation sites (N-methyl/N-ethyl adjacent to an activating group) is 1. The zero-order chi connectivity index (χ0) is 14.8. The van der Waals surface area contributed by atoms with Crippen LogP contribution in [-0.4, -0.2) is 61.0 Å². The second kappa shape index (κ2) is 5.77. The van der Waals surface area contributed by atoms with Crippen molar-refractivity contribution in [1.82, 2.24) is 14.8 Å². The highest BCUT2D eigenvalue weighted by Crippen LogP contribution is 2.27. The maximum atomic E-state index is 12.4. The molecule has 1 N–H and O–H groups in total. The number of hydrogen-bond donors (Lipinski definition) is 1. The Kier molecular flexibility index (Phi) is 3.84. The van der Waals surface area contributed by atoms with E-state index < -0.39 is 0 Å². The van der Waals surface area contributed by atoms with Crippen LogP contribution in [0.25, 0.3) is 10.9 Å². The van der Waals surface area contributed by atoms with E-state index >= 15 is 0 Å². The zero-order valence-electron chi connectivity index (χ0n) is 12.6. The smallest absolute Gasteiger partial charge is 0.227 e. The number of nitrogens with one attached hydrogen (secondary N) is 1. The molecule has 2 aromatic rings. The molecule has 112 valence electrons. The van der Waals surface area contributed by atoms with Crippen LogP contribution < -0.4 is 4.74 Å². The summed E-state index contributed by atoms with van der Waals surface area (Å²) in [4.78, 5) is 19.9. The summed E-state index contributed by atoms with van der Waals surface area (Å²) in [7, 11) is 3.75. The van der Waals surface area contributed by atoms with Gasteiger partial charge in [-0.05, 0) is 18.7 Å². The molecule has 0 atom stereocenters. The van der Waals surface area contributed by atoms with Gasteiger partial charge in [0.1, 0.15) is 5.75 Å². The number of para-hydroxylation sites is 1. The van der Waals surface area contributed by atoms with Gasteiger partial charge in [-0.1, -0.05) is 12.1 Å². The lowest BCUT2D eigenvalue weighted by Crippen LogP contribution is -2.47. The number of benzene rings is 1. The lowest BCUT2D eigenvalue weighted by molar-refractivity contribution is -0.132. The average Bonchev–Trinajstić information content (AvgIpc) is 2.91. The summed E-state index contributed by atoms with van der Waals surface area (Å²) < 4.78 is 5.34. The van der Waals surface area contributed by atoms with Crippen LogP contribution in [0.15, 0.2) is 24.4 Å². The van der Waals surface area contributed by atoms with Gasteiger partial charge in [-0.3, -0.25) is 4.79 Å². The first-order chi connectivity index (χ1) is 10.2. The predicted octanol–water partition coefficient (Wildman–Crippen LogP) is 1.49. The van der Waals surface area contributed by atoms with Crippen LogP contribution in [-0.2, 0) is 11.2 Å². The van der Waals surface area contributed by atoms with Crippen LogP contribution in [0, 0.1) is 0 Å². The van der Waals surface area contributed by atoms with E-state index in [1.54, 1.807) is 7.11 Å². The quantitative estimate of drug-likeness (QED) is 0.930. The fraction of sp³-hybridized carbons (Fsp3) is 0.438. The summed E-state index contributed by atoms with van der Waals surface area (Å²) in [6.45, 7) is 3.54. The predicted molar refractivity (Wildman–Crippen MR) is 82.6 cm³/mol. The summed E-state index contributed by atoms with van der Waals surface area (Å²) >= 11 is 0. The van der Waals surface area contributed by atoms with Crippen LogP contribution in [0.2, 0.25) is 0 Å². The molecule has 1 amide bonds. The second-order valence-electron chi connectivity index (χ2n) is 5.56. The number of amides is 1. The topological polar surface area (TPSA) is 48.6 Å². The summed E-state index contributed by atoms with van der Waals surface area (Å²) in [6, 6.07) is 5.91. The number of ether oxygens (including phenoxy) is 1. The molecule has 1 fully saturated rings. The summed E-state index contributed by atoms with van der Waals surface area (Å²) in [5, 5.41) is 1.07. The number of aromatic nitrogens is 1. The molecule has 1 aromatic carbocycles. The van der Waals surface area contributed by atoms with E-state index in [1.807, 2.05) is 29.3 Å². The second-order valence-corrected chi connectivity index (χ2v) is 5.56. The minimum Gasteiger partial charge on any atom is -0.495 e. The lowest BCUT2D eigenvalue weighted by atomic mass is 10.1. The van der Waals surface area contributed by atoms with Crippen molar-refractivity contribution in [3.8, 4) is 5.75 Å². The van der Waals surface area contributed by atoms with E-state index in [0.717, 1.165) is 48.4 Å². The summed E-state index contributed by atoms with van der Waals surface area (Å²) in [6.07, 6.45) is 2.36. The van der Waals surface area contributed by atoms with E-state index in [2.05, 4.69) is 16.9 Å². The Balaban J connectivity index is 1.77. The molecule has 0 unspecified atom stereocenters. The van der Waals surface area contributed by atoms with Crippen molar-refractivity contribution in [3.05, 3.63) is 30.0 Å². The van der Waals surface area contributed by atoms with Gasteiger partial charge >= 0.3 is 0 Å². The molecule has 5 nitrogen and oxygen atoms in total. The Bertz CT molecular complexity index is 642. The van der Waals surface area contributed by atoms with Crippen LogP contribution in [0.1, 0.15) is 5.56 Å². The molecule has 5 heteroatoms. The zero-order valence-corrected chi connectivity index (χ0v) is 12.6. The number of carbonyl (C=O) groups is 1. The van der Waals surface area contributed by atoms with Crippen LogP contribution in [0.5, 0.6) is 5.75 Å². The van der Waals surface area contributed by atoms with Crippen LogP contribution in [0.3, 0.4) is 0 Å². The number of carbonyl (C=O) groups excluding carboxylic acids is 1. The monoisotopic (exact) mass is 287 g/mol. The van der Waals surface area contributed by atoms with E-state index in [9.17, 15) is 4.79 Å². The fourth-order valence-electron chi connectivity index (χ4n) is 2.83. The molecule has 0 bridgehead atoms. The van der Waals surface area contributed by atoms with E-state index in [-0.39, 0.29) is 5.91 Å².